The SMILES string of the molecule is C[C@H]1CN(Cc2ccc(/C=C/C(=O)O)nc2)CCN1C(=O)OCc1ccccc1. The molecule has 1 atom stereocenters. The first-order valence-corrected chi connectivity index (χ1v) is 9.57. The number of nitrogens with zero attached hydrogens (tertiary/aromatic N) is 3. The van der Waals surface area contributed by atoms with Crippen LogP contribution in [0.25, 0.3) is 6.08 Å². The summed E-state index contributed by atoms with van der Waals surface area (Å²) >= 11 is 0. The number of carbonyl (C=O) groups is 2. The van der Waals surface area contributed by atoms with Crippen molar-refractivity contribution < 1.29 is 19.4 Å². The molecule has 1 fully saturated rings. The van der Waals surface area contributed by atoms with Gasteiger partial charge in [-0.15, -0.1) is 0 Å². The van der Waals surface area contributed by atoms with Crippen molar-refractivity contribution >= 4 is 18.1 Å². The molecule has 7 heteroatoms. The van der Waals surface area contributed by atoms with Gasteiger partial charge in [0.2, 0.25) is 0 Å². The zero-order valence-corrected chi connectivity index (χ0v) is 16.4. The third-order valence-corrected chi connectivity index (χ3v) is 4.80. The maximum Gasteiger partial charge on any atom is 0.410 e. The zero-order valence-electron chi connectivity index (χ0n) is 16.4. The molecule has 1 N–H and O–H groups in total. The van der Waals surface area contributed by atoms with Crippen LogP contribution in [-0.4, -0.2) is 57.6 Å². The number of amides is 1. The lowest BCUT2D eigenvalue weighted by Crippen LogP contribution is -2.53. The molecule has 1 aromatic carbocycles. The second kappa shape index (κ2) is 9.84. The fraction of sp³-hybridized carbons (Fsp3) is 0.318. The number of aromatic nitrogens is 1. The quantitative estimate of drug-likeness (QED) is 0.757. The molecule has 29 heavy (non-hydrogen) atoms. The van der Waals surface area contributed by atoms with E-state index < -0.39 is 5.97 Å². The molecule has 0 saturated carbocycles. The van der Waals surface area contributed by atoms with E-state index in [1.165, 1.54) is 6.08 Å². The number of pyridine rings is 1. The molecule has 1 aromatic heterocycles. The summed E-state index contributed by atoms with van der Waals surface area (Å²) in [6, 6.07) is 13.5. The molecule has 1 aliphatic rings. The van der Waals surface area contributed by atoms with Crippen molar-refractivity contribution in [2.45, 2.75) is 26.1 Å². The highest BCUT2D eigenvalue weighted by Gasteiger charge is 2.28. The summed E-state index contributed by atoms with van der Waals surface area (Å²) in [5.41, 5.74) is 2.63. The van der Waals surface area contributed by atoms with Gasteiger partial charge in [-0.2, -0.15) is 0 Å². The summed E-state index contributed by atoms with van der Waals surface area (Å²) in [5.74, 6) is -0.995. The fourth-order valence-corrected chi connectivity index (χ4v) is 3.29. The van der Waals surface area contributed by atoms with Crippen LogP contribution in [0.2, 0.25) is 0 Å². The first kappa shape index (κ1) is 20.5. The number of benzene rings is 1. The number of ether oxygens (including phenoxy) is 1. The van der Waals surface area contributed by atoms with Crippen LogP contribution in [-0.2, 0) is 22.7 Å². The Balaban J connectivity index is 1.48. The Morgan fingerprint density at radius 3 is 2.62 bits per heavy atom. The molecule has 0 aliphatic carbocycles. The van der Waals surface area contributed by atoms with Gasteiger partial charge in [-0.1, -0.05) is 36.4 Å². The van der Waals surface area contributed by atoms with Crippen molar-refractivity contribution in [2.24, 2.45) is 0 Å². The first-order valence-electron chi connectivity index (χ1n) is 9.57. The standard InChI is InChI=1S/C22H25N3O4/c1-17-14-24(15-19-7-8-20(23-13-19)9-10-21(26)27)11-12-25(17)22(28)29-16-18-5-3-2-4-6-18/h2-10,13,17H,11-12,14-16H2,1H3,(H,26,27)/b10-9+/t17-/m0/s1. The summed E-state index contributed by atoms with van der Waals surface area (Å²) in [5, 5.41) is 8.66. The number of rotatable bonds is 6. The number of hydrogen-bond donors (Lipinski definition) is 1. The van der Waals surface area contributed by atoms with E-state index in [1.54, 1.807) is 17.2 Å². The predicted molar refractivity (Wildman–Crippen MR) is 109 cm³/mol. The molecule has 1 amide bonds. The number of carbonyl (C=O) groups excluding carboxylic acids is 1. The lowest BCUT2D eigenvalue weighted by molar-refractivity contribution is -0.131. The molecular formula is C22H25N3O4. The molecule has 2 aromatic rings. The van der Waals surface area contributed by atoms with E-state index in [1.807, 2.05) is 43.3 Å². The van der Waals surface area contributed by atoms with Gasteiger partial charge in [0.1, 0.15) is 6.61 Å². The fourth-order valence-electron chi connectivity index (χ4n) is 3.29. The van der Waals surface area contributed by atoms with Crippen molar-refractivity contribution in [3.05, 3.63) is 71.6 Å². The summed E-state index contributed by atoms with van der Waals surface area (Å²) in [6.45, 7) is 5.15. The third kappa shape index (κ3) is 6.15. The minimum absolute atomic E-state index is 0.0535. The van der Waals surface area contributed by atoms with Gasteiger partial charge in [0, 0.05) is 44.5 Å². The maximum atomic E-state index is 12.4. The van der Waals surface area contributed by atoms with Crippen molar-refractivity contribution in [3.63, 3.8) is 0 Å². The minimum Gasteiger partial charge on any atom is -0.478 e. The topological polar surface area (TPSA) is 83.0 Å². The van der Waals surface area contributed by atoms with Crippen molar-refractivity contribution in [1.82, 2.24) is 14.8 Å². The van der Waals surface area contributed by atoms with Crippen LogP contribution in [0, 0.1) is 0 Å². The largest absolute Gasteiger partial charge is 0.478 e. The van der Waals surface area contributed by atoms with Crippen molar-refractivity contribution in [2.75, 3.05) is 19.6 Å². The number of carboxylic acids is 1. The van der Waals surface area contributed by atoms with E-state index in [-0.39, 0.29) is 18.7 Å². The van der Waals surface area contributed by atoms with Crippen LogP contribution in [0.4, 0.5) is 4.79 Å². The van der Waals surface area contributed by atoms with Crippen LogP contribution in [0.15, 0.2) is 54.7 Å². The second-order valence-corrected chi connectivity index (χ2v) is 7.08. The zero-order chi connectivity index (χ0) is 20.6. The second-order valence-electron chi connectivity index (χ2n) is 7.08. The van der Waals surface area contributed by atoms with Gasteiger partial charge in [-0.05, 0) is 30.2 Å². The van der Waals surface area contributed by atoms with Gasteiger partial charge < -0.3 is 14.7 Å². The molecule has 2 heterocycles. The summed E-state index contributed by atoms with van der Waals surface area (Å²) in [4.78, 5) is 31.3. The Kier molecular flexibility index (Phi) is 6.97. The Labute approximate surface area is 170 Å². The number of carboxylic acid groups (broad SMARTS) is 1. The number of hydrogen-bond acceptors (Lipinski definition) is 5. The van der Waals surface area contributed by atoms with E-state index in [9.17, 15) is 9.59 Å². The number of piperazine rings is 1. The molecule has 1 aliphatic heterocycles. The highest BCUT2D eigenvalue weighted by Crippen LogP contribution is 2.15. The van der Waals surface area contributed by atoms with Crippen LogP contribution in [0.1, 0.15) is 23.7 Å². The molecule has 3 rings (SSSR count). The molecule has 1 saturated heterocycles. The van der Waals surface area contributed by atoms with E-state index in [2.05, 4.69) is 9.88 Å². The minimum atomic E-state index is -0.995. The maximum absolute atomic E-state index is 12.4. The highest BCUT2D eigenvalue weighted by atomic mass is 16.6. The van der Waals surface area contributed by atoms with E-state index in [4.69, 9.17) is 9.84 Å². The average molecular weight is 395 g/mol. The van der Waals surface area contributed by atoms with E-state index in [0.717, 1.165) is 36.8 Å². The lowest BCUT2D eigenvalue weighted by Gasteiger charge is -2.39. The summed E-state index contributed by atoms with van der Waals surface area (Å²) in [6.07, 6.45) is 4.01. The summed E-state index contributed by atoms with van der Waals surface area (Å²) in [7, 11) is 0. The molecule has 0 bridgehead atoms. The Hall–Kier alpha value is -3.19. The third-order valence-electron chi connectivity index (χ3n) is 4.80. The molecular weight excluding hydrogens is 370 g/mol. The van der Waals surface area contributed by atoms with Gasteiger partial charge in [0.05, 0.1) is 5.69 Å². The Morgan fingerprint density at radius 2 is 1.97 bits per heavy atom. The number of aliphatic carboxylic acids is 1. The Bertz CT molecular complexity index is 852. The molecule has 0 radical (unpaired) electrons. The van der Waals surface area contributed by atoms with Crippen LogP contribution in [0.5, 0.6) is 0 Å². The van der Waals surface area contributed by atoms with Gasteiger partial charge in [0.25, 0.3) is 0 Å². The van der Waals surface area contributed by atoms with Crippen molar-refractivity contribution in [1.29, 1.82) is 0 Å². The summed E-state index contributed by atoms with van der Waals surface area (Å²) < 4.78 is 5.45. The van der Waals surface area contributed by atoms with Gasteiger partial charge in [-0.3, -0.25) is 9.88 Å². The van der Waals surface area contributed by atoms with Crippen LogP contribution >= 0.6 is 0 Å². The lowest BCUT2D eigenvalue weighted by atomic mass is 10.1. The van der Waals surface area contributed by atoms with E-state index in [0.29, 0.717) is 12.2 Å². The molecule has 0 spiro atoms. The van der Waals surface area contributed by atoms with Gasteiger partial charge >= 0.3 is 12.1 Å². The van der Waals surface area contributed by atoms with Gasteiger partial charge in [0.15, 0.2) is 0 Å². The van der Waals surface area contributed by atoms with Crippen LogP contribution < -0.4 is 0 Å². The molecule has 0 unspecified atom stereocenters. The predicted octanol–water partition coefficient (Wildman–Crippen LogP) is 3.02. The van der Waals surface area contributed by atoms with Crippen molar-refractivity contribution in [3.8, 4) is 0 Å². The monoisotopic (exact) mass is 395 g/mol. The molecule has 152 valence electrons. The van der Waals surface area contributed by atoms with Crippen LogP contribution in [0.3, 0.4) is 0 Å². The highest BCUT2D eigenvalue weighted by molar-refractivity contribution is 5.84. The first-order chi connectivity index (χ1) is 14.0. The molecule has 7 nitrogen and oxygen atoms in total. The van der Waals surface area contributed by atoms with E-state index >= 15 is 0 Å². The average Bonchev–Trinajstić information content (AvgIpc) is 2.72. The normalized spacial score (nSPS) is 17.4. The smallest absolute Gasteiger partial charge is 0.410 e. The Morgan fingerprint density at radius 1 is 1.17 bits per heavy atom. The van der Waals surface area contributed by atoms with Gasteiger partial charge in [-0.25, -0.2) is 9.59 Å².